The van der Waals surface area contributed by atoms with E-state index in [-0.39, 0.29) is 5.41 Å². The third-order valence-electron chi connectivity index (χ3n) is 13.5. The zero-order valence-corrected chi connectivity index (χ0v) is 33.2. The molecule has 0 unspecified atom stereocenters. The molecule has 0 heterocycles. The lowest BCUT2D eigenvalue weighted by molar-refractivity contribution is 0.660. The summed E-state index contributed by atoms with van der Waals surface area (Å²) in [6, 6.07) is 79.1. The van der Waals surface area contributed by atoms with Crippen molar-refractivity contribution >= 4 is 17.1 Å². The number of para-hydroxylation sites is 1. The average Bonchev–Trinajstić information content (AvgIpc) is 3.85. The minimum atomic E-state index is -0.426. The highest BCUT2D eigenvalue weighted by Gasteiger charge is 2.51. The van der Waals surface area contributed by atoms with Crippen molar-refractivity contribution < 1.29 is 0 Å². The second-order valence-electron chi connectivity index (χ2n) is 16.8. The minimum absolute atomic E-state index is 0.0508. The van der Waals surface area contributed by atoms with Crippen LogP contribution in [0.15, 0.2) is 212 Å². The van der Waals surface area contributed by atoms with Crippen molar-refractivity contribution in [3.05, 3.63) is 246 Å². The molecule has 278 valence electrons. The molecule has 0 atom stereocenters. The smallest absolute Gasteiger partial charge is 0.0726 e. The Bertz CT molecular complexity index is 3070. The van der Waals surface area contributed by atoms with E-state index in [0.29, 0.717) is 0 Å². The number of nitrogens with zero attached hydrogens (tertiary/aromatic N) is 1. The fourth-order valence-corrected chi connectivity index (χ4v) is 10.9. The Kier molecular flexibility index (Phi) is 7.26. The molecule has 3 aliphatic rings. The van der Waals surface area contributed by atoms with Gasteiger partial charge in [0, 0.05) is 22.4 Å². The summed E-state index contributed by atoms with van der Waals surface area (Å²) in [5.41, 5.74) is 23.8. The lowest BCUT2D eigenvalue weighted by Crippen LogP contribution is -2.26. The van der Waals surface area contributed by atoms with E-state index in [1.165, 1.54) is 89.0 Å². The third-order valence-corrected chi connectivity index (χ3v) is 13.5. The summed E-state index contributed by atoms with van der Waals surface area (Å²) in [6.07, 6.45) is 0. The monoisotopic (exact) mass is 751 g/mol. The number of anilines is 3. The number of rotatable bonds is 5. The molecule has 0 fully saturated rings. The summed E-state index contributed by atoms with van der Waals surface area (Å²) >= 11 is 0. The molecule has 0 aromatic heterocycles. The molecule has 0 saturated carbocycles. The molecule has 1 nitrogen and oxygen atoms in total. The van der Waals surface area contributed by atoms with Crippen LogP contribution in [0.2, 0.25) is 0 Å². The molecule has 1 heteroatoms. The van der Waals surface area contributed by atoms with Gasteiger partial charge in [0.15, 0.2) is 0 Å². The van der Waals surface area contributed by atoms with Gasteiger partial charge in [-0.1, -0.05) is 190 Å². The van der Waals surface area contributed by atoms with Crippen LogP contribution in [-0.4, -0.2) is 0 Å². The third kappa shape index (κ3) is 4.73. The summed E-state index contributed by atoms with van der Waals surface area (Å²) < 4.78 is 0. The Morgan fingerprint density at radius 2 is 0.729 bits per heavy atom. The Balaban J connectivity index is 1.05. The number of hydrogen-bond acceptors (Lipinski definition) is 1. The molecule has 0 amide bonds. The molecule has 0 saturated heterocycles. The van der Waals surface area contributed by atoms with Crippen molar-refractivity contribution in [3.63, 3.8) is 0 Å². The molecule has 59 heavy (non-hydrogen) atoms. The van der Waals surface area contributed by atoms with Crippen LogP contribution >= 0.6 is 0 Å². The molecule has 3 aliphatic carbocycles. The Labute approximate surface area is 346 Å². The highest BCUT2D eigenvalue weighted by molar-refractivity contribution is 5.97. The first-order valence-electron chi connectivity index (χ1n) is 20.8. The van der Waals surface area contributed by atoms with Crippen LogP contribution < -0.4 is 4.90 Å². The number of hydrogen-bond donors (Lipinski definition) is 0. The van der Waals surface area contributed by atoms with Crippen molar-refractivity contribution in [3.8, 4) is 55.6 Å². The predicted molar refractivity (Wildman–Crippen MR) is 246 cm³/mol. The predicted octanol–water partition coefficient (Wildman–Crippen LogP) is 15.1. The van der Waals surface area contributed by atoms with E-state index in [2.05, 4.69) is 231 Å². The van der Waals surface area contributed by atoms with Gasteiger partial charge in [-0.3, -0.25) is 0 Å². The zero-order chi connectivity index (χ0) is 39.3. The largest absolute Gasteiger partial charge is 0.310 e. The van der Waals surface area contributed by atoms with Crippen LogP contribution in [0.3, 0.4) is 0 Å². The molecule has 0 N–H and O–H groups in total. The second-order valence-corrected chi connectivity index (χ2v) is 16.8. The van der Waals surface area contributed by atoms with E-state index >= 15 is 0 Å². The lowest BCUT2D eigenvalue weighted by Gasteiger charge is -2.32. The average molecular weight is 752 g/mol. The van der Waals surface area contributed by atoms with Gasteiger partial charge in [-0.15, -0.1) is 0 Å². The van der Waals surface area contributed by atoms with E-state index in [1.807, 2.05) is 0 Å². The maximum absolute atomic E-state index is 2.49. The van der Waals surface area contributed by atoms with E-state index in [1.54, 1.807) is 0 Å². The molecular weight excluding hydrogens is 711 g/mol. The number of fused-ring (bicyclic) bond motifs is 13. The summed E-state index contributed by atoms with van der Waals surface area (Å²) in [7, 11) is 0. The van der Waals surface area contributed by atoms with E-state index < -0.39 is 5.41 Å². The molecule has 0 radical (unpaired) electrons. The molecule has 12 rings (SSSR count). The number of benzene rings is 9. The van der Waals surface area contributed by atoms with Crippen molar-refractivity contribution in [2.24, 2.45) is 0 Å². The van der Waals surface area contributed by atoms with Gasteiger partial charge >= 0.3 is 0 Å². The van der Waals surface area contributed by atoms with Crippen molar-refractivity contribution in [2.45, 2.75) is 24.7 Å². The first kappa shape index (κ1) is 33.9. The molecule has 0 bridgehead atoms. The van der Waals surface area contributed by atoms with Gasteiger partial charge in [0.05, 0.1) is 11.1 Å². The first-order valence-corrected chi connectivity index (χ1v) is 20.8. The molecule has 0 aliphatic heterocycles. The highest BCUT2D eigenvalue weighted by Crippen LogP contribution is 2.63. The fourth-order valence-electron chi connectivity index (χ4n) is 10.9. The van der Waals surface area contributed by atoms with Crippen molar-refractivity contribution in [2.75, 3.05) is 4.90 Å². The van der Waals surface area contributed by atoms with Gasteiger partial charge in [0.2, 0.25) is 0 Å². The van der Waals surface area contributed by atoms with Crippen molar-refractivity contribution in [1.29, 1.82) is 0 Å². The second kappa shape index (κ2) is 12.6. The summed E-state index contributed by atoms with van der Waals surface area (Å²) in [5, 5.41) is 0. The van der Waals surface area contributed by atoms with Crippen LogP contribution in [0.1, 0.15) is 47.2 Å². The topological polar surface area (TPSA) is 3.24 Å². The first-order chi connectivity index (χ1) is 29.0. The van der Waals surface area contributed by atoms with E-state index in [4.69, 9.17) is 0 Å². The van der Waals surface area contributed by atoms with Gasteiger partial charge in [-0.25, -0.2) is 0 Å². The van der Waals surface area contributed by atoms with Gasteiger partial charge in [0.25, 0.3) is 0 Å². The van der Waals surface area contributed by atoms with E-state index in [9.17, 15) is 0 Å². The molecular formula is C58H41N. The van der Waals surface area contributed by atoms with E-state index in [0.717, 1.165) is 17.1 Å². The Hall–Kier alpha value is -7.22. The molecule has 9 aromatic rings. The highest BCUT2D eigenvalue weighted by atomic mass is 15.1. The maximum Gasteiger partial charge on any atom is 0.0726 e. The van der Waals surface area contributed by atoms with Crippen LogP contribution in [0.25, 0.3) is 55.6 Å². The van der Waals surface area contributed by atoms with Crippen LogP contribution in [0.5, 0.6) is 0 Å². The quantitative estimate of drug-likeness (QED) is 0.169. The maximum atomic E-state index is 2.49. The lowest BCUT2D eigenvalue weighted by atomic mass is 9.70. The SMILES string of the molecule is CC1(C)c2ccccc2-c2ccc(-c3ccc(N(c4ccc5c(c4)C4(c6ccccc6-c6ccccc64)c4ccccc4-5)c4ccccc4-c4ccccc4)cc3)cc21. The summed E-state index contributed by atoms with van der Waals surface area (Å²) in [4.78, 5) is 2.47. The molecule has 9 aromatic carbocycles. The fraction of sp³-hybridized carbons (Fsp3) is 0.0690. The Morgan fingerprint density at radius 3 is 1.36 bits per heavy atom. The van der Waals surface area contributed by atoms with Crippen LogP contribution in [-0.2, 0) is 10.8 Å². The Morgan fingerprint density at radius 1 is 0.288 bits per heavy atom. The minimum Gasteiger partial charge on any atom is -0.310 e. The molecule has 1 spiro atoms. The summed E-state index contributed by atoms with van der Waals surface area (Å²) in [6.45, 7) is 4.71. The van der Waals surface area contributed by atoms with Crippen LogP contribution in [0, 0.1) is 0 Å². The standard InChI is InChI=1S/C58H41N/c1-57(2)50-23-11-6-19-44(50)48-34-30-40(36-54(48)57)38-28-31-41(32-29-38)59(56-27-15-10-18-43(56)39-16-4-3-5-17-39)42-33-35-49-47-22-9-14-26-53(47)58(55(49)37-42)51-24-12-7-20-45(51)46-21-8-13-25-52(46)58/h3-37H,1-2H3. The normalized spacial score (nSPS) is 14.2. The zero-order valence-electron chi connectivity index (χ0n) is 33.2. The van der Waals surface area contributed by atoms with Gasteiger partial charge in [-0.2, -0.15) is 0 Å². The van der Waals surface area contributed by atoms with Crippen LogP contribution in [0.4, 0.5) is 17.1 Å². The summed E-state index contributed by atoms with van der Waals surface area (Å²) in [5.74, 6) is 0. The van der Waals surface area contributed by atoms with Crippen molar-refractivity contribution in [1.82, 2.24) is 0 Å². The van der Waals surface area contributed by atoms with Gasteiger partial charge in [-0.05, 0) is 120 Å². The van der Waals surface area contributed by atoms with Gasteiger partial charge in [0.1, 0.15) is 0 Å². The van der Waals surface area contributed by atoms with Gasteiger partial charge < -0.3 is 4.90 Å².